The standard InChI is InChI=1S/C23H20N4O3S2/c1-14-12-24-13-16-2-5-17(10-19(14)16)26-22(28)21-11-20(21)15-3-6-18(7-4-15)32(29,30)27-23-25-8-9-31-23/h2-10,12-13,20-21H,11H2,1H3,(H,25,27)(H,26,28)/t20-,21+/m0/s1. The second-order valence-corrected chi connectivity index (χ2v) is 10.4. The molecule has 1 amide bonds. The molecule has 1 aliphatic carbocycles. The number of rotatable bonds is 6. The first-order chi connectivity index (χ1) is 15.4. The molecule has 32 heavy (non-hydrogen) atoms. The Morgan fingerprint density at radius 3 is 2.69 bits per heavy atom. The predicted molar refractivity (Wildman–Crippen MR) is 125 cm³/mol. The number of nitrogens with one attached hydrogen (secondary N) is 2. The summed E-state index contributed by atoms with van der Waals surface area (Å²) in [4.78, 5) is 21.1. The van der Waals surface area contributed by atoms with Gasteiger partial charge < -0.3 is 5.32 Å². The lowest BCUT2D eigenvalue weighted by Crippen LogP contribution is -2.14. The van der Waals surface area contributed by atoms with E-state index in [1.54, 1.807) is 48.2 Å². The molecule has 4 aromatic rings. The molecule has 2 heterocycles. The topological polar surface area (TPSA) is 101 Å². The Hall–Kier alpha value is -3.30. The summed E-state index contributed by atoms with van der Waals surface area (Å²) >= 11 is 1.22. The second kappa shape index (κ2) is 7.99. The molecule has 2 aromatic carbocycles. The van der Waals surface area contributed by atoms with Gasteiger partial charge in [0.1, 0.15) is 0 Å². The molecule has 162 valence electrons. The number of fused-ring (bicyclic) bond motifs is 1. The van der Waals surface area contributed by atoms with E-state index >= 15 is 0 Å². The fraction of sp³-hybridized carbons (Fsp3) is 0.174. The van der Waals surface area contributed by atoms with Crippen molar-refractivity contribution in [2.24, 2.45) is 5.92 Å². The summed E-state index contributed by atoms with van der Waals surface area (Å²) in [7, 11) is -3.68. The summed E-state index contributed by atoms with van der Waals surface area (Å²) < 4.78 is 27.4. The lowest BCUT2D eigenvalue weighted by molar-refractivity contribution is -0.117. The molecule has 0 unspecified atom stereocenters. The quantitative estimate of drug-likeness (QED) is 0.436. The van der Waals surface area contributed by atoms with Crippen LogP contribution in [0.25, 0.3) is 10.8 Å². The van der Waals surface area contributed by atoms with Crippen LogP contribution in [0.5, 0.6) is 0 Å². The van der Waals surface area contributed by atoms with Crippen molar-refractivity contribution in [2.75, 3.05) is 10.0 Å². The summed E-state index contributed by atoms with van der Waals surface area (Å²) in [6, 6.07) is 12.5. The van der Waals surface area contributed by atoms with Crippen LogP contribution in [0.2, 0.25) is 0 Å². The van der Waals surface area contributed by atoms with Crippen LogP contribution in [0.3, 0.4) is 0 Å². The van der Waals surface area contributed by atoms with Crippen molar-refractivity contribution in [1.29, 1.82) is 0 Å². The van der Waals surface area contributed by atoms with Crippen molar-refractivity contribution in [3.8, 4) is 0 Å². The van der Waals surface area contributed by atoms with Crippen LogP contribution in [0.15, 0.2) is 71.3 Å². The normalized spacial score (nSPS) is 17.8. The number of anilines is 2. The Morgan fingerprint density at radius 2 is 1.94 bits per heavy atom. The van der Waals surface area contributed by atoms with E-state index in [-0.39, 0.29) is 22.6 Å². The minimum Gasteiger partial charge on any atom is -0.326 e. The maximum atomic E-state index is 12.7. The van der Waals surface area contributed by atoms with E-state index in [4.69, 9.17) is 0 Å². The van der Waals surface area contributed by atoms with Gasteiger partial charge in [-0.2, -0.15) is 0 Å². The van der Waals surface area contributed by atoms with Crippen LogP contribution in [0.4, 0.5) is 10.8 Å². The van der Waals surface area contributed by atoms with Gasteiger partial charge in [-0.1, -0.05) is 18.2 Å². The fourth-order valence-electron chi connectivity index (χ4n) is 3.82. The number of aryl methyl sites for hydroxylation is 1. The SMILES string of the molecule is Cc1cncc2ccc(NC(=O)[C@@H]3C[C@H]3c3ccc(S(=O)(=O)Nc4nccs4)cc3)cc12. The van der Waals surface area contributed by atoms with E-state index in [1.807, 2.05) is 25.1 Å². The molecule has 0 bridgehead atoms. The molecule has 5 rings (SSSR count). The molecule has 2 aromatic heterocycles. The Kier molecular flexibility index (Phi) is 5.15. The number of benzene rings is 2. The van der Waals surface area contributed by atoms with E-state index < -0.39 is 10.0 Å². The van der Waals surface area contributed by atoms with E-state index in [1.165, 1.54) is 11.3 Å². The first-order valence-electron chi connectivity index (χ1n) is 10.1. The van der Waals surface area contributed by atoms with Gasteiger partial charge in [-0.25, -0.2) is 13.4 Å². The van der Waals surface area contributed by atoms with E-state index in [0.29, 0.717) is 5.13 Å². The second-order valence-electron chi connectivity index (χ2n) is 7.84. The Morgan fingerprint density at radius 1 is 1.12 bits per heavy atom. The van der Waals surface area contributed by atoms with Crippen molar-refractivity contribution in [1.82, 2.24) is 9.97 Å². The predicted octanol–water partition coefficient (Wildman–Crippen LogP) is 4.54. The zero-order chi connectivity index (χ0) is 22.3. The Labute approximate surface area is 189 Å². The smallest absolute Gasteiger partial charge is 0.263 e. The largest absolute Gasteiger partial charge is 0.326 e. The molecule has 0 radical (unpaired) electrons. The van der Waals surface area contributed by atoms with E-state index in [9.17, 15) is 13.2 Å². The van der Waals surface area contributed by atoms with Gasteiger partial charge in [-0.05, 0) is 60.0 Å². The highest BCUT2D eigenvalue weighted by atomic mass is 32.2. The molecular formula is C23H20N4O3S2. The van der Waals surface area contributed by atoms with Crippen molar-refractivity contribution in [3.05, 3.63) is 77.6 Å². The van der Waals surface area contributed by atoms with Gasteiger partial charge in [-0.15, -0.1) is 11.3 Å². The third-order valence-corrected chi connectivity index (χ3v) is 7.80. The molecule has 0 saturated heterocycles. The summed E-state index contributed by atoms with van der Waals surface area (Å²) in [6.45, 7) is 1.99. The van der Waals surface area contributed by atoms with Gasteiger partial charge in [0.2, 0.25) is 5.91 Å². The van der Waals surface area contributed by atoms with Gasteiger partial charge in [0, 0.05) is 41.0 Å². The highest BCUT2D eigenvalue weighted by Crippen LogP contribution is 2.48. The molecule has 2 atom stereocenters. The fourth-order valence-corrected chi connectivity index (χ4v) is 5.61. The molecule has 1 aliphatic rings. The number of thiazole rings is 1. The molecule has 1 saturated carbocycles. The average molecular weight is 465 g/mol. The highest BCUT2D eigenvalue weighted by Gasteiger charge is 2.44. The van der Waals surface area contributed by atoms with Crippen molar-refractivity contribution in [2.45, 2.75) is 24.2 Å². The molecule has 0 aliphatic heterocycles. The first kappa shape index (κ1) is 20.6. The number of aromatic nitrogens is 2. The Bertz CT molecular complexity index is 1400. The maximum Gasteiger partial charge on any atom is 0.263 e. The summed E-state index contributed by atoms with van der Waals surface area (Å²) in [5, 5.41) is 7.14. The minimum atomic E-state index is -3.68. The minimum absolute atomic E-state index is 0.0248. The molecule has 1 fully saturated rings. The van der Waals surface area contributed by atoms with Gasteiger partial charge in [0.25, 0.3) is 10.0 Å². The van der Waals surface area contributed by atoms with Gasteiger partial charge in [-0.3, -0.25) is 14.5 Å². The summed E-state index contributed by atoms with van der Waals surface area (Å²) in [6.07, 6.45) is 5.90. The summed E-state index contributed by atoms with van der Waals surface area (Å²) in [5.41, 5.74) is 2.78. The first-order valence-corrected chi connectivity index (χ1v) is 12.4. The zero-order valence-corrected chi connectivity index (χ0v) is 18.8. The number of hydrogen-bond acceptors (Lipinski definition) is 6. The number of nitrogens with zero attached hydrogens (tertiary/aromatic N) is 2. The number of carbonyl (C=O) groups is 1. The highest BCUT2D eigenvalue weighted by molar-refractivity contribution is 7.93. The Balaban J connectivity index is 1.25. The zero-order valence-electron chi connectivity index (χ0n) is 17.1. The van der Waals surface area contributed by atoms with Crippen LogP contribution < -0.4 is 10.0 Å². The monoisotopic (exact) mass is 464 g/mol. The van der Waals surface area contributed by atoms with Crippen molar-refractivity contribution in [3.63, 3.8) is 0 Å². The van der Waals surface area contributed by atoms with Gasteiger partial charge in [0.15, 0.2) is 5.13 Å². The molecule has 9 heteroatoms. The number of sulfonamides is 1. The lowest BCUT2D eigenvalue weighted by atomic mass is 10.1. The van der Waals surface area contributed by atoms with Gasteiger partial charge in [0.05, 0.1) is 4.90 Å². The summed E-state index contributed by atoms with van der Waals surface area (Å²) in [5.74, 6) is -0.0617. The third kappa shape index (κ3) is 4.09. The number of hydrogen-bond donors (Lipinski definition) is 2. The van der Waals surface area contributed by atoms with Crippen LogP contribution in [0.1, 0.15) is 23.5 Å². The van der Waals surface area contributed by atoms with E-state index in [2.05, 4.69) is 20.0 Å². The number of carbonyl (C=O) groups excluding carboxylic acids is 1. The van der Waals surface area contributed by atoms with E-state index in [0.717, 1.165) is 34.0 Å². The molecule has 0 spiro atoms. The molecule has 7 nitrogen and oxygen atoms in total. The van der Waals surface area contributed by atoms with Crippen LogP contribution in [0, 0.1) is 12.8 Å². The van der Waals surface area contributed by atoms with Gasteiger partial charge >= 0.3 is 0 Å². The van der Waals surface area contributed by atoms with Crippen molar-refractivity contribution >= 4 is 48.9 Å². The van der Waals surface area contributed by atoms with Crippen LogP contribution >= 0.6 is 11.3 Å². The number of amides is 1. The van der Waals surface area contributed by atoms with Crippen LogP contribution in [-0.4, -0.2) is 24.3 Å². The molecular weight excluding hydrogens is 444 g/mol. The lowest BCUT2D eigenvalue weighted by Gasteiger charge is -2.08. The third-order valence-electron chi connectivity index (χ3n) is 5.63. The van der Waals surface area contributed by atoms with Crippen LogP contribution in [-0.2, 0) is 14.8 Å². The average Bonchev–Trinajstić information content (AvgIpc) is 3.44. The maximum absolute atomic E-state index is 12.7. The molecule has 2 N–H and O–H groups in total. The number of pyridine rings is 1. The van der Waals surface area contributed by atoms with Crippen molar-refractivity contribution < 1.29 is 13.2 Å².